The zero-order valence-electron chi connectivity index (χ0n) is 3.50. The third-order valence-corrected chi connectivity index (χ3v) is 0.487. The second kappa shape index (κ2) is 3.99. The predicted octanol–water partition coefficient (Wildman–Crippen LogP) is 1.14. The van der Waals surface area contributed by atoms with Crippen molar-refractivity contribution in [3.63, 3.8) is 0 Å². The monoisotopic (exact) mass is 74.1 g/mol. The lowest BCUT2D eigenvalue weighted by Crippen LogP contribution is -1.71. The molecule has 0 aliphatic rings. The van der Waals surface area contributed by atoms with E-state index in [0.717, 1.165) is 12.7 Å². The standard InChI is InChI=1S/C3H8BF/c1-2-3-4-5/h4H,2-3H2,1H3. The number of hydrogen-bond donors (Lipinski definition) is 0. The van der Waals surface area contributed by atoms with Gasteiger partial charge in [-0.15, -0.1) is 0 Å². The SMILES string of the molecule is CCCBF. The van der Waals surface area contributed by atoms with Gasteiger partial charge in [0.25, 0.3) is 0 Å². The lowest BCUT2D eigenvalue weighted by atomic mass is 9.98. The normalized spacial score (nSPS) is 7.60. The van der Waals surface area contributed by atoms with Gasteiger partial charge in [-0.3, -0.25) is 0 Å². The minimum atomic E-state index is -0.156. The molecule has 0 aliphatic carbocycles. The molecular formula is C3H8BF. The highest BCUT2D eigenvalue weighted by atomic mass is 19.1. The highest BCUT2D eigenvalue weighted by Crippen LogP contribution is 1.82. The van der Waals surface area contributed by atoms with Crippen molar-refractivity contribution in [2.45, 2.75) is 19.7 Å². The molecule has 0 radical (unpaired) electrons. The van der Waals surface area contributed by atoms with E-state index < -0.39 is 0 Å². The van der Waals surface area contributed by atoms with E-state index in [9.17, 15) is 4.32 Å². The lowest BCUT2D eigenvalue weighted by molar-refractivity contribution is 0.845. The van der Waals surface area contributed by atoms with Gasteiger partial charge in [-0.05, 0) is 6.32 Å². The molecule has 0 aromatic rings. The largest absolute Gasteiger partial charge is 0.341 e. The summed E-state index contributed by atoms with van der Waals surface area (Å²) in [4.78, 5) is 0. The van der Waals surface area contributed by atoms with Gasteiger partial charge in [0.1, 0.15) is 0 Å². The third kappa shape index (κ3) is 3.99. The Morgan fingerprint density at radius 3 is 2.40 bits per heavy atom. The highest BCUT2D eigenvalue weighted by molar-refractivity contribution is 6.25. The van der Waals surface area contributed by atoms with Crippen LogP contribution in [0.15, 0.2) is 0 Å². The topological polar surface area (TPSA) is 0 Å². The van der Waals surface area contributed by atoms with Crippen LogP contribution in [0, 0.1) is 0 Å². The van der Waals surface area contributed by atoms with E-state index in [2.05, 4.69) is 0 Å². The Bertz CT molecular complexity index is 14.4. The summed E-state index contributed by atoms with van der Waals surface area (Å²) >= 11 is 0. The molecule has 0 N–H and O–H groups in total. The average molecular weight is 73.9 g/mol. The van der Waals surface area contributed by atoms with Crippen LogP contribution in [0.5, 0.6) is 0 Å². The molecule has 0 aromatic carbocycles. The first-order valence-electron chi connectivity index (χ1n) is 1.97. The third-order valence-electron chi connectivity index (χ3n) is 0.487. The van der Waals surface area contributed by atoms with Crippen LogP contribution in [0.25, 0.3) is 0 Å². The molecule has 0 aliphatic heterocycles. The van der Waals surface area contributed by atoms with Crippen LogP contribution in [-0.2, 0) is 0 Å². The van der Waals surface area contributed by atoms with Crippen molar-refractivity contribution in [3.8, 4) is 0 Å². The van der Waals surface area contributed by atoms with Gasteiger partial charge in [-0.25, -0.2) is 0 Å². The first-order chi connectivity index (χ1) is 2.41. The lowest BCUT2D eigenvalue weighted by Gasteiger charge is -1.73. The van der Waals surface area contributed by atoms with Crippen LogP contribution in [0.1, 0.15) is 13.3 Å². The summed E-state index contributed by atoms with van der Waals surface area (Å²) in [6, 6.07) is 0. The van der Waals surface area contributed by atoms with Gasteiger partial charge in [-0.2, -0.15) is 0 Å². The molecule has 0 spiro atoms. The highest BCUT2D eigenvalue weighted by Gasteiger charge is 1.77. The molecule has 2 heteroatoms. The summed E-state index contributed by atoms with van der Waals surface area (Å²) in [5.74, 6) is 0. The zero-order chi connectivity index (χ0) is 4.12. The Morgan fingerprint density at radius 2 is 2.40 bits per heavy atom. The van der Waals surface area contributed by atoms with Gasteiger partial charge < -0.3 is 4.32 Å². The van der Waals surface area contributed by atoms with Crippen LogP contribution in [0.2, 0.25) is 6.32 Å². The van der Waals surface area contributed by atoms with Crippen LogP contribution >= 0.6 is 0 Å². The van der Waals surface area contributed by atoms with Crippen molar-refractivity contribution < 1.29 is 4.32 Å². The van der Waals surface area contributed by atoms with E-state index in [1.54, 1.807) is 0 Å². The molecule has 0 saturated carbocycles. The minimum absolute atomic E-state index is 0.156. The second-order valence-electron chi connectivity index (χ2n) is 1.04. The maximum atomic E-state index is 11.0. The van der Waals surface area contributed by atoms with Gasteiger partial charge >= 0.3 is 7.56 Å². The molecule has 0 nitrogen and oxygen atoms in total. The maximum absolute atomic E-state index is 11.0. The minimum Gasteiger partial charge on any atom is -0.341 e. The van der Waals surface area contributed by atoms with Crippen molar-refractivity contribution >= 4 is 7.56 Å². The van der Waals surface area contributed by atoms with Gasteiger partial charge in [0.15, 0.2) is 0 Å². The molecule has 0 rings (SSSR count). The zero-order valence-corrected chi connectivity index (χ0v) is 3.50. The fourth-order valence-electron chi connectivity index (χ4n) is 0.134. The van der Waals surface area contributed by atoms with Crippen molar-refractivity contribution in [2.75, 3.05) is 0 Å². The second-order valence-corrected chi connectivity index (χ2v) is 1.04. The Kier molecular flexibility index (Phi) is 3.99. The summed E-state index contributed by atoms with van der Waals surface area (Å²) < 4.78 is 11.0. The number of rotatable bonds is 2. The van der Waals surface area contributed by atoms with E-state index in [0.29, 0.717) is 0 Å². The quantitative estimate of drug-likeness (QED) is 0.430. The molecule has 0 bridgehead atoms. The molecule has 0 saturated heterocycles. The molecule has 30 valence electrons. The van der Waals surface area contributed by atoms with Crippen molar-refractivity contribution in [3.05, 3.63) is 0 Å². The molecule has 0 fully saturated rings. The van der Waals surface area contributed by atoms with E-state index in [1.807, 2.05) is 6.92 Å². The summed E-state index contributed by atoms with van der Waals surface area (Å²) in [6.45, 7) is 1.97. The summed E-state index contributed by atoms with van der Waals surface area (Å²) in [5.41, 5.74) is 0. The van der Waals surface area contributed by atoms with Crippen molar-refractivity contribution in [1.29, 1.82) is 0 Å². The van der Waals surface area contributed by atoms with Crippen LogP contribution in [0.3, 0.4) is 0 Å². The van der Waals surface area contributed by atoms with Crippen LogP contribution in [-0.4, -0.2) is 7.56 Å². The Hall–Kier alpha value is -0.00506. The van der Waals surface area contributed by atoms with Crippen LogP contribution < -0.4 is 0 Å². The van der Waals surface area contributed by atoms with Crippen LogP contribution in [0.4, 0.5) is 4.32 Å². The Labute approximate surface area is 32.7 Å². The van der Waals surface area contributed by atoms with Gasteiger partial charge in [-0.1, -0.05) is 13.3 Å². The van der Waals surface area contributed by atoms with Crippen molar-refractivity contribution in [1.82, 2.24) is 0 Å². The molecule has 0 amide bonds. The molecule has 5 heavy (non-hydrogen) atoms. The molecular weight excluding hydrogens is 65.8 g/mol. The first kappa shape index (κ1) is 4.99. The Morgan fingerprint density at radius 1 is 1.80 bits per heavy atom. The Balaban J connectivity index is 2.19. The molecule has 0 atom stereocenters. The fourth-order valence-corrected chi connectivity index (χ4v) is 0.134. The van der Waals surface area contributed by atoms with E-state index in [-0.39, 0.29) is 7.56 Å². The summed E-state index contributed by atoms with van der Waals surface area (Å²) in [5, 5.41) is 0. The molecule has 0 aromatic heterocycles. The first-order valence-corrected chi connectivity index (χ1v) is 1.97. The molecule has 0 heterocycles. The van der Waals surface area contributed by atoms with E-state index in [1.165, 1.54) is 0 Å². The fraction of sp³-hybridized carbons (Fsp3) is 1.00. The summed E-state index contributed by atoms with van der Waals surface area (Å²) in [7, 11) is -0.156. The van der Waals surface area contributed by atoms with Crippen molar-refractivity contribution in [2.24, 2.45) is 0 Å². The maximum Gasteiger partial charge on any atom is 0.331 e. The van der Waals surface area contributed by atoms with Gasteiger partial charge in [0.2, 0.25) is 0 Å². The number of halogens is 1. The smallest absolute Gasteiger partial charge is 0.331 e. The van der Waals surface area contributed by atoms with E-state index >= 15 is 0 Å². The number of hydrogen-bond acceptors (Lipinski definition) is 0. The summed E-state index contributed by atoms with van der Waals surface area (Å²) in [6.07, 6.45) is 1.69. The molecule has 0 unspecified atom stereocenters. The average Bonchev–Trinajstić information content (AvgIpc) is 1.41. The van der Waals surface area contributed by atoms with Gasteiger partial charge in [0, 0.05) is 0 Å². The predicted molar refractivity (Wildman–Crippen MR) is 23.4 cm³/mol. The van der Waals surface area contributed by atoms with Gasteiger partial charge in [0.05, 0.1) is 0 Å². The van der Waals surface area contributed by atoms with E-state index in [4.69, 9.17) is 0 Å².